The maximum Gasteiger partial charge on any atom is 0.253 e. The van der Waals surface area contributed by atoms with Crippen LogP contribution in [0.5, 0.6) is 5.88 Å². The van der Waals surface area contributed by atoms with Crippen molar-refractivity contribution in [3.63, 3.8) is 0 Å². The monoisotopic (exact) mass is 312 g/mol. The van der Waals surface area contributed by atoms with Crippen LogP contribution < -0.4 is 9.64 Å². The number of carbonyl (C=O) groups excluding carboxylic acids is 1. The third-order valence-corrected chi connectivity index (χ3v) is 3.83. The van der Waals surface area contributed by atoms with Crippen molar-refractivity contribution in [1.29, 1.82) is 0 Å². The molecule has 1 fully saturated rings. The second-order valence-corrected chi connectivity index (χ2v) is 5.75. The number of rotatable bonds is 4. The van der Waals surface area contributed by atoms with E-state index in [-0.39, 0.29) is 12.0 Å². The second-order valence-electron chi connectivity index (χ2n) is 5.75. The molecule has 23 heavy (non-hydrogen) atoms. The van der Waals surface area contributed by atoms with Crippen LogP contribution in [0, 0.1) is 0 Å². The molecule has 1 aliphatic heterocycles. The molecule has 6 nitrogen and oxygen atoms in total. The molecule has 2 heterocycles. The van der Waals surface area contributed by atoms with E-state index in [1.54, 1.807) is 0 Å². The minimum Gasteiger partial charge on any atom is -0.472 e. The van der Waals surface area contributed by atoms with Gasteiger partial charge < -0.3 is 14.5 Å². The Morgan fingerprint density at radius 3 is 2.78 bits per heavy atom. The van der Waals surface area contributed by atoms with E-state index in [1.165, 1.54) is 6.33 Å². The minimum atomic E-state index is -0.0347. The Morgan fingerprint density at radius 1 is 1.26 bits per heavy atom. The molecule has 1 aromatic heterocycles. The number of benzene rings is 1. The third-order valence-electron chi connectivity index (χ3n) is 3.83. The van der Waals surface area contributed by atoms with Gasteiger partial charge in [-0.3, -0.25) is 4.79 Å². The van der Waals surface area contributed by atoms with Crippen LogP contribution in [0.4, 0.5) is 5.82 Å². The van der Waals surface area contributed by atoms with Gasteiger partial charge in [0.25, 0.3) is 5.91 Å². The maximum atomic E-state index is 12.4. The van der Waals surface area contributed by atoms with Crippen LogP contribution in [0.15, 0.2) is 42.7 Å². The summed E-state index contributed by atoms with van der Waals surface area (Å²) in [7, 11) is 3.84. The molecule has 1 aliphatic rings. The quantitative estimate of drug-likeness (QED) is 0.862. The van der Waals surface area contributed by atoms with E-state index in [0.717, 1.165) is 12.2 Å². The van der Waals surface area contributed by atoms with Crippen LogP contribution in [0.2, 0.25) is 0 Å². The van der Waals surface area contributed by atoms with E-state index in [0.29, 0.717) is 24.5 Å². The molecule has 120 valence electrons. The van der Waals surface area contributed by atoms with E-state index in [9.17, 15) is 4.79 Å². The van der Waals surface area contributed by atoms with Crippen LogP contribution in [0.1, 0.15) is 16.8 Å². The van der Waals surface area contributed by atoms with Crippen LogP contribution in [-0.2, 0) is 0 Å². The molecule has 0 saturated carbocycles. The van der Waals surface area contributed by atoms with Gasteiger partial charge in [-0.2, -0.15) is 0 Å². The average molecular weight is 312 g/mol. The van der Waals surface area contributed by atoms with Crippen molar-refractivity contribution in [2.24, 2.45) is 0 Å². The fraction of sp³-hybridized carbons (Fsp3) is 0.353. The number of likely N-dealkylation sites (tertiary alicyclic amines) is 1. The molecule has 0 aliphatic carbocycles. The van der Waals surface area contributed by atoms with Gasteiger partial charge in [0.15, 0.2) is 0 Å². The highest BCUT2D eigenvalue weighted by atomic mass is 16.5. The molecule has 0 spiro atoms. The van der Waals surface area contributed by atoms with Crippen molar-refractivity contribution in [1.82, 2.24) is 14.9 Å². The van der Waals surface area contributed by atoms with E-state index in [4.69, 9.17) is 4.74 Å². The van der Waals surface area contributed by atoms with Gasteiger partial charge in [0.2, 0.25) is 5.88 Å². The lowest BCUT2D eigenvalue weighted by atomic mass is 10.2. The Balaban J connectivity index is 1.62. The highest BCUT2D eigenvalue weighted by molar-refractivity contribution is 5.94. The van der Waals surface area contributed by atoms with Crippen LogP contribution in [0.3, 0.4) is 0 Å². The normalized spacial score (nSPS) is 17.1. The summed E-state index contributed by atoms with van der Waals surface area (Å²) in [4.78, 5) is 24.5. The first-order valence-corrected chi connectivity index (χ1v) is 7.64. The topological polar surface area (TPSA) is 58.6 Å². The fourth-order valence-electron chi connectivity index (χ4n) is 2.58. The highest BCUT2D eigenvalue weighted by Gasteiger charge is 2.28. The van der Waals surface area contributed by atoms with Crippen molar-refractivity contribution < 1.29 is 9.53 Å². The van der Waals surface area contributed by atoms with E-state index < -0.39 is 0 Å². The third kappa shape index (κ3) is 3.59. The Morgan fingerprint density at radius 2 is 2.04 bits per heavy atom. The predicted molar refractivity (Wildman–Crippen MR) is 87.7 cm³/mol. The zero-order valence-corrected chi connectivity index (χ0v) is 13.3. The molecule has 0 radical (unpaired) electrons. The summed E-state index contributed by atoms with van der Waals surface area (Å²) in [6.07, 6.45) is 2.26. The SMILES string of the molecule is CN(C)c1cc(O[C@H]2CCN(C(=O)c3ccccc3)C2)ncn1. The summed E-state index contributed by atoms with van der Waals surface area (Å²) in [5.74, 6) is 1.39. The summed E-state index contributed by atoms with van der Waals surface area (Å²) in [5, 5.41) is 0. The minimum absolute atomic E-state index is 0.0347. The molecule has 0 bridgehead atoms. The zero-order valence-electron chi connectivity index (χ0n) is 13.3. The summed E-state index contributed by atoms with van der Waals surface area (Å²) < 4.78 is 5.91. The first kappa shape index (κ1) is 15.3. The molecule has 1 atom stereocenters. The van der Waals surface area contributed by atoms with Gasteiger partial charge >= 0.3 is 0 Å². The van der Waals surface area contributed by atoms with Crippen molar-refractivity contribution >= 4 is 11.7 Å². The number of carbonyl (C=O) groups is 1. The van der Waals surface area contributed by atoms with Crippen LogP contribution in [0.25, 0.3) is 0 Å². The molecule has 1 saturated heterocycles. The number of ether oxygens (including phenoxy) is 1. The second kappa shape index (κ2) is 6.64. The number of aromatic nitrogens is 2. The van der Waals surface area contributed by atoms with Crippen molar-refractivity contribution in [3.8, 4) is 5.88 Å². The number of nitrogens with zero attached hydrogens (tertiary/aromatic N) is 4. The number of anilines is 1. The van der Waals surface area contributed by atoms with Gasteiger partial charge in [-0.05, 0) is 12.1 Å². The molecule has 0 unspecified atom stereocenters. The zero-order chi connectivity index (χ0) is 16.2. The first-order chi connectivity index (χ1) is 11.1. The molecular formula is C17H20N4O2. The standard InChI is InChI=1S/C17H20N4O2/c1-20(2)15-10-16(19-12-18-15)23-14-8-9-21(11-14)17(22)13-6-4-3-5-7-13/h3-7,10,12,14H,8-9,11H2,1-2H3/t14-/m0/s1. The maximum absolute atomic E-state index is 12.4. The Bertz CT molecular complexity index is 675. The molecule has 0 N–H and O–H groups in total. The van der Waals surface area contributed by atoms with Crippen molar-refractivity contribution in [3.05, 3.63) is 48.3 Å². The van der Waals surface area contributed by atoms with Gasteiger partial charge in [-0.1, -0.05) is 18.2 Å². The van der Waals surface area contributed by atoms with Crippen molar-refractivity contribution in [2.45, 2.75) is 12.5 Å². The van der Waals surface area contributed by atoms with Gasteiger partial charge in [0.05, 0.1) is 6.54 Å². The molecule has 2 aromatic rings. The summed E-state index contributed by atoms with van der Waals surface area (Å²) in [5.41, 5.74) is 0.713. The van der Waals surface area contributed by atoms with Crippen molar-refractivity contribution in [2.75, 3.05) is 32.1 Å². The lowest BCUT2D eigenvalue weighted by molar-refractivity contribution is 0.0771. The van der Waals surface area contributed by atoms with Gasteiger partial charge in [0.1, 0.15) is 18.2 Å². The molecular weight excluding hydrogens is 292 g/mol. The van der Waals surface area contributed by atoms with Crippen LogP contribution in [-0.4, -0.2) is 54.1 Å². The van der Waals surface area contributed by atoms with Gasteiger partial charge in [-0.25, -0.2) is 9.97 Å². The van der Waals surface area contributed by atoms with E-state index in [1.807, 2.05) is 60.3 Å². The Hall–Kier alpha value is -2.63. The molecule has 6 heteroatoms. The Kier molecular flexibility index (Phi) is 4.41. The number of amides is 1. The van der Waals surface area contributed by atoms with E-state index >= 15 is 0 Å². The average Bonchev–Trinajstić information content (AvgIpc) is 3.03. The van der Waals surface area contributed by atoms with Crippen LogP contribution >= 0.6 is 0 Å². The summed E-state index contributed by atoms with van der Waals surface area (Å²) >= 11 is 0. The smallest absolute Gasteiger partial charge is 0.253 e. The molecule has 1 aromatic carbocycles. The largest absolute Gasteiger partial charge is 0.472 e. The predicted octanol–water partition coefficient (Wildman–Crippen LogP) is 1.84. The highest BCUT2D eigenvalue weighted by Crippen LogP contribution is 2.20. The molecule has 3 rings (SSSR count). The Labute approximate surface area is 135 Å². The number of hydrogen-bond acceptors (Lipinski definition) is 5. The van der Waals surface area contributed by atoms with Gasteiger partial charge in [0, 0.05) is 38.7 Å². The summed E-state index contributed by atoms with van der Waals surface area (Å²) in [6.45, 7) is 1.28. The van der Waals surface area contributed by atoms with E-state index in [2.05, 4.69) is 9.97 Å². The fourth-order valence-corrected chi connectivity index (χ4v) is 2.58. The first-order valence-electron chi connectivity index (χ1n) is 7.64. The summed E-state index contributed by atoms with van der Waals surface area (Å²) in [6, 6.07) is 11.1. The lowest BCUT2D eigenvalue weighted by Gasteiger charge is -2.17. The van der Waals surface area contributed by atoms with Gasteiger partial charge in [-0.15, -0.1) is 0 Å². The lowest BCUT2D eigenvalue weighted by Crippen LogP contribution is -2.31. The number of hydrogen-bond donors (Lipinski definition) is 0. The molecule has 1 amide bonds.